The lowest BCUT2D eigenvalue weighted by Gasteiger charge is -2.15. The molecule has 2 amide bonds. The van der Waals surface area contributed by atoms with E-state index in [1.807, 2.05) is 74.5 Å². The van der Waals surface area contributed by atoms with Gasteiger partial charge in [0.05, 0.1) is 22.5 Å². The predicted octanol–water partition coefficient (Wildman–Crippen LogP) is 5.15. The number of carbonyl (C=O) groups excluding carboxylic acids is 2. The van der Waals surface area contributed by atoms with Crippen molar-refractivity contribution >= 4 is 29.1 Å². The molecule has 1 aromatic heterocycles. The number of imide groups is 1. The molecule has 4 rings (SSSR count). The molecule has 152 valence electrons. The average Bonchev–Trinajstić information content (AvgIpc) is 3.34. The Balaban J connectivity index is 1.63. The monoisotopic (exact) mass is 417 g/mol. The van der Waals surface area contributed by atoms with Crippen LogP contribution in [0.25, 0.3) is 5.57 Å². The van der Waals surface area contributed by atoms with Gasteiger partial charge >= 0.3 is 0 Å². The highest BCUT2D eigenvalue weighted by atomic mass is 32.2. The smallest absolute Gasteiger partial charge is 0.268 e. The van der Waals surface area contributed by atoms with Gasteiger partial charge in [0, 0.05) is 6.54 Å². The number of aryl methyl sites for hydroxylation is 2. The summed E-state index contributed by atoms with van der Waals surface area (Å²) in [5.74, 6) is 0.833. The second-order valence-corrected chi connectivity index (χ2v) is 8.35. The SMILES string of the molecule is Cc1ccc(C2=C(SCc3ccco3)C(=O)N(CCc3ccccc3)C2=O)cc1C. The summed E-state index contributed by atoms with van der Waals surface area (Å²) in [5.41, 5.74) is 4.64. The first-order valence-corrected chi connectivity index (χ1v) is 10.9. The van der Waals surface area contributed by atoms with E-state index in [-0.39, 0.29) is 11.8 Å². The summed E-state index contributed by atoms with van der Waals surface area (Å²) in [7, 11) is 0. The van der Waals surface area contributed by atoms with Crippen LogP contribution >= 0.6 is 11.8 Å². The first-order valence-electron chi connectivity index (χ1n) is 9.92. The van der Waals surface area contributed by atoms with E-state index in [9.17, 15) is 9.59 Å². The number of amides is 2. The number of carbonyl (C=O) groups is 2. The van der Waals surface area contributed by atoms with Crippen molar-refractivity contribution in [2.75, 3.05) is 6.54 Å². The van der Waals surface area contributed by atoms with Crippen LogP contribution in [0.15, 0.2) is 76.2 Å². The zero-order valence-corrected chi connectivity index (χ0v) is 17.9. The van der Waals surface area contributed by atoms with Gasteiger partial charge in [0.2, 0.25) is 0 Å². The van der Waals surface area contributed by atoms with Crippen LogP contribution in [-0.4, -0.2) is 23.3 Å². The fraction of sp³-hybridized carbons (Fsp3) is 0.200. The van der Waals surface area contributed by atoms with Gasteiger partial charge in [-0.3, -0.25) is 14.5 Å². The van der Waals surface area contributed by atoms with Gasteiger partial charge < -0.3 is 4.42 Å². The highest BCUT2D eigenvalue weighted by Gasteiger charge is 2.39. The molecule has 3 aromatic rings. The van der Waals surface area contributed by atoms with Gasteiger partial charge in [-0.2, -0.15) is 0 Å². The van der Waals surface area contributed by atoms with Crippen LogP contribution in [0, 0.1) is 13.8 Å². The van der Waals surface area contributed by atoms with Crippen LogP contribution in [0.3, 0.4) is 0 Å². The number of thioether (sulfide) groups is 1. The van der Waals surface area contributed by atoms with Gasteiger partial charge in [-0.15, -0.1) is 11.8 Å². The largest absolute Gasteiger partial charge is 0.468 e. The molecule has 1 aliphatic heterocycles. The first kappa shape index (κ1) is 20.2. The molecule has 0 unspecified atom stereocenters. The van der Waals surface area contributed by atoms with Crippen molar-refractivity contribution in [3.8, 4) is 0 Å². The van der Waals surface area contributed by atoms with Crippen molar-refractivity contribution in [2.24, 2.45) is 0 Å². The predicted molar refractivity (Wildman–Crippen MR) is 120 cm³/mol. The molecule has 2 aromatic carbocycles. The Hall–Kier alpha value is -3.05. The van der Waals surface area contributed by atoms with Gasteiger partial charge in [0.15, 0.2) is 0 Å². The minimum atomic E-state index is -0.222. The van der Waals surface area contributed by atoms with Crippen molar-refractivity contribution in [3.05, 3.63) is 99.8 Å². The second kappa shape index (κ2) is 8.76. The van der Waals surface area contributed by atoms with Crippen LogP contribution in [0.4, 0.5) is 0 Å². The van der Waals surface area contributed by atoms with Crippen LogP contribution in [0.2, 0.25) is 0 Å². The maximum Gasteiger partial charge on any atom is 0.268 e. The quantitative estimate of drug-likeness (QED) is 0.499. The summed E-state index contributed by atoms with van der Waals surface area (Å²) >= 11 is 1.37. The Morgan fingerprint density at radius 1 is 0.900 bits per heavy atom. The Morgan fingerprint density at radius 2 is 1.70 bits per heavy atom. The summed E-state index contributed by atoms with van der Waals surface area (Å²) in [4.78, 5) is 28.4. The molecule has 0 saturated carbocycles. The fourth-order valence-corrected chi connectivity index (χ4v) is 4.50. The van der Waals surface area contributed by atoms with E-state index in [1.54, 1.807) is 6.26 Å². The molecule has 0 atom stereocenters. The second-order valence-electron chi connectivity index (χ2n) is 7.37. The highest BCUT2D eigenvalue weighted by molar-refractivity contribution is 8.03. The molecular formula is C25H23NO3S. The molecule has 0 bridgehead atoms. The van der Waals surface area contributed by atoms with E-state index >= 15 is 0 Å². The Kier molecular flexibility index (Phi) is 5.91. The van der Waals surface area contributed by atoms with Crippen LogP contribution in [0.1, 0.15) is 28.0 Å². The Bertz CT molecular complexity index is 1100. The number of hydrogen-bond acceptors (Lipinski definition) is 4. The molecule has 30 heavy (non-hydrogen) atoms. The van der Waals surface area contributed by atoms with E-state index in [4.69, 9.17) is 4.42 Å². The molecule has 0 fully saturated rings. The number of furan rings is 1. The first-order chi connectivity index (χ1) is 14.5. The van der Waals surface area contributed by atoms with Gasteiger partial charge in [0.25, 0.3) is 11.8 Å². The van der Waals surface area contributed by atoms with Crippen molar-refractivity contribution < 1.29 is 14.0 Å². The molecule has 0 N–H and O–H groups in total. The Labute approximate surface area is 180 Å². The Morgan fingerprint density at radius 3 is 2.40 bits per heavy atom. The summed E-state index contributed by atoms with van der Waals surface area (Å²) in [6, 6.07) is 19.5. The van der Waals surface area contributed by atoms with Gasteiger partial charge in [0.1, 0.15) is 5.76 Å². The summed E-state index contributed by atoms with van der Waals surface area (Å²) in [6.45, 7) is 4.41. The van der Waals surface area contributed by atoms with E-state index < -0.39 is 0 Å². The lowest BCUT2D eigenvalue weighted by atomic mass is 10.0. The van der Waals surface area contributed by atoms with Crippen molar-refractivity contribution in [2.45, 2.75) is 26.0 Å². The summed E-state index contributed by atoms with van der Waals surface area (Å²) < 4.78 is 5.41. The molecule has 5 heteroatoms. The van der Waals surface area contributed by atoms with E-state index in [0.717, 1.165) is 28.0 Å². The lowest BCUT2D eigenvalue weighted by Crippen LogP contribution is -2.33. The lowest BCUT2D eigenvalue weighted by molar-refractivity contribution is -0.136. The number of benzene rings is 2. The van der Waals surface area contributed by atoms with Crippen LogP contribution in [-0.2, 0) is 21.8 Å². The molecule has 2 heterocycles. The number of hydrogen-bond donors (Lipinski definition) is 0. The zero-order valence-electron chi connectivity index (χ0n) is 17.1. The normalized spacial score (nSPS) is 14.1. The van der Waals surface area contributed by atoms with E-state index in [1.165, 1.54) is 16.7 Å². The van der Waals surface area contributed by atoms with E-state index in [0.29, 0.717) is 29.2 Å². The average molecular weight is 418 g/mol. The van der Waals surface area contributed by atoms with Crippen molar-refractivity contribution in [1.29, 1.82) is 0 Å². The van der Waals surface area contributed by atoms with E-state index in [2.05, 4.69) is 0 Å². The molecule has 0 saturated heterocycles. The topological polar surface area (TPSA) is 50.5 Å². The number of nitrogens with zero attached hydrogens (tertiary/aromatic N) is 1. The molecule has 0 aliphatic carbocycles. The maximum absolute atomic E-state index is 13.3. The summed E-state index contributed by atoms with van der Waals surface area (Å²) in [6.07, 6.45) is 2.25. The fourth-order valence-electron chi connectivity index (χ4n) is 3.47. The zero-order chi connectivity index (χ0) is 21.1. The van der Waals surface area contributed by atoms with Crippen LogP contribution < -0.4 is 0 Å². The third-order valence-corrected chi connectivity index (χ3v) is 6.42. The third kappa shape index (κ3) is 4.12. The third-order valence-electron chi connectivity index (χ3n) is 5.33. The number of rotatable bonds is 7. The van der Waals surface area contributed by atoms with Gasteiger partial charge in [-0.25, -0.2) is 0 Å². The molecule has 4 nitrogen and oxygen atoms in total. The molecule has 1 aliphatic rings. The standard InChI is InChI=1S/C25H23NO3S/c1-17-10-11-20(15-18(17)2)22-23(30-16-21-9-6-14-29-21)25(28)26(24(22)27)13-12-19-7-4-3-5-8-19/h3-11,14-15H,12-13,16H2,1-2H3. The summed E-state index contributed by atoms with van der Waals surface area (Å²) in [5, 5.41) is 0. The van der Waals surface area contributed by atoms with Crippen molar-refractivity contribution in [1.82, 2.24) is 4.90 Å². The van der Waals surface area contributed by atoms with Gasteiger partial charge in [-0.05, 0) is 54.7 Å². The highest BCUT2D eigenvalue weighted by Crippen LogP contribution is 2.38. The molecule has 0 radical (unpaired) electrons. The molecular weight excluding hydrogens is 394 g/mol. The minimum absolute atomic E-state index is 0.221. The minimum Gasteiger partial charge on any atom is -0.468 e. The van der Waals surface area contributed by atoms with Gasteiger partial charge in [-0.1, -0.05) is 48.5 Å². The van der Waals surface area contributed by atoms with Crippen LogP contribution in [0.5, 0.6) is 0 Å². The maximum atomic E-state index is 13.3. The molecule has 0 spiro atoms. The van der Waals surface area contributed by atoms with Crippen molar-refractivity contribution in [3.63, 3.8) is 0 Å².